The Bertz CT molecular complexity index is 989. The third-order valence-corrected chi connectivity index (χ3v) is 6.36. The Labute approximate surface area is 193 Å². The fourth-order valence-electron chi connectivity index (χ4n) is 4.44. The minimum absolute atomic E-state index is 0.115. The summed E-state index contributed by atoms with van der Waals surface area (Å²) >= 11 is 0. The van der Waals surface area contributed by atoms with Crippen molar-refractivity contribution in [1.82, 2.24) is 19.9 Å². The van der Waals surface area contributed by atoms with Gasteiger partial charge in [-0.15, -0.1) is 0 Å². The number of hydrogen-bond donors (Lipinski definition) is 0. The number of piperidine rings is 1. The molecule has 5 rings (SSSR count). The number of benzene rings is 1. The van der Waals surface area contributed by atoms with Crippen LogP contribution in [0.5, 0.6) is 6.01 Å². The van der Waals surface area contributed by atoms with E-state index in [1.54, 1.807) is 9.80 Å². The zero-order valence-electron chi connectivity index (χ0n) is 18.4. The van der Waals surface area contributed by atoms with Gasteiger partial charge in [-0.3, -0.25) is 0 Å². The highest BCUT2D eigenvalue weighted by atomic mass is 19.4. The maximum atomic E-state index is 13.2. The topological polar surface area (TPSA) is 90.2 Å². The lowest BCUT2D eigenvalue weighted by Gasteiger charge is -2.40. The van der Waals surface area contributed by atoms with E-state index in [1.807, 2.05) is 0 Å². The molecule has 0 bridgehead atoms. The van der Waals surface area contributed by atoms with Crippen molar-refractivity contribution in [3.8, 4) is 6.01 Å². The van der Waals surface area contributed by atoms with Crippen LogP contribution in [0.15, 0.2) is 28.8 Å². The molecule has 12 heteroatoms. The van der Waals surface area contributed by atoms with E-state index in [9.17, 15) is 18.0 Å². The van der Waals surface area contributed by atoms with E-state index in [0.29, 0.717) is 64.9 Å². The molecule has 34 heavy (non-hydrogen) atoms. The van der Waals surface area contributed by atoms with Gasteiger partial charge in [0.15, 0.2) is 0 Å². The van der Waals surface area contributed by atoms with Gasteiger partial charge < -0.3 is 28.5 Å². The molecule has 2 unspecified atom stereocenters. The fourth-order valence-corrected chi connectivity index (χ4v) is 4.44. The lowest BCUT2D eigenvalue weighted by Crippen LogP contribution is -2.52. The summed E-state index contributed by atoms with van der Waals surface area (Å²) in [5, 5.41) is 3.89. The Kier molecular flexibility index (Phi) is 6.34. The van der Waals surface area contributed by atoms with Gasteiger partial charge in [0.1, 0.15) is 6.10 Å². The number of rotatable bonds is 4. The molecule has 1 aromatic heterocycles. The molecule has 1 aromatic carbocycles. The van der Waals surface area contributed by atoms with Gasteiger partial charge in [-0.05, 0) is 29.3 Å². The smallest absolute Gasteiger partial charge is 0.416 e. The first-order chi connectivity index (χ1) is 16.4. The van der Waals surface area contributed by atoms with Crippen molar-refractivity contribution >= 4 is 6.03 Å². The van der Waals surface area contributed by atoms with Crippen LogP contribution in [0.25, 0.3) is 0 Å². The Morgan fingerprint density at radius 1 is 1.00 bits per heavy atom. The lowest BCUT2D eigenvalue weighted by atomic mass is 9.84. The van der Waals surface area contributed by atoms with Crippen molar-refractivity contribution < 1.29 is 36.7 Å². The van der Waals surface area contributed by atoms with Gasteiger partial charge in [-0.2, -0.15) is 18.2 Å². The molecule has 2 amide bonds. The molecule has 3 aliphatic rings. The van der Waals surface area contributed by atoms with Crippen LogP contribution in [0.2, 0.25) is 0 Å². The summed E-state index contributed by atoms with van der Waals surface area (Å²) < 4.78 is 60.5. The van der Waals surface area contributed by atoms with Crippen molar-refractivity contribution in [2.24, 2.45) is 0 Å². The largest absolute Gasteiger partial charge is 0.453 e. The van der Waals surface area contributed by atoms with Crippen LogP contribution in [0.3, 0.4) is 0 Å². The van der Waals surface area contributed by atoms with Gasteiger partial charge in [0.05, 0.1) is 37.9 Å². The average Bonchev–Trinajstić information content (AvgIpc) is 3.30. The van der Waals surface area contributed by atoms with Crippen LogP contribution in [0.4, 0.5) is 18.0 Å². The summed E-state index contributed by atoms with van der Waals surface area (Å²) in [5.74, 6) is -0.137. The fraction of sp³-hybridized carbons (Fsp3) is 0.591. The van der Waals surface area contributed by atoms with Gasteiger partial charge in [0, 0.05) is 32.1 Å². The number of aromatic nitrogens is 2. The molecule has 0 saturated carbocycles. The molecule has 3 saturated heterocycles. The normalized spacial score (nSPS) is 24.1. The van der Waals surface area contributed by atoms with Crippen LogP contribution < -0.4 is 4.74 Å². The predicted octanol–water partition coefficient (Wildman–Crippen LogP) is 2.89. The number of nitrogens with zero attached hydrogens (tertiary/aromatic N) is 4. The van der Waals surface area contributed by atoms with Gasteiger partial charge in [0.2, 0.25) is 5.89 Å². The minimum atomic E-state index is -4.41. The maximum absolute atomic E-state index is 13.2. The average molecular weight is 482 g/mol. The molecule has 0 aliphatic carbocycles. The molecule has 3 fully saturated rings. The standard InChI is InChI=1S/C22H25F3N4O5/c23-22(24,25)17-3-1-14(2-4-17)15-9-16(19-26-20(27-34-19)33-18-12-32-13-18)11-29(10-15)21(30)28-5-7-31-8-6-28/h1-4,15-16,18H,5-13H2. The van der Waals surface area contributed by atoms with Gasteiger partial charge >= 0.3 is 18.2 Å². The van der Waals surface area contributed by atoms with E-state index in [0.717, 1.165) is 17.7 Å². The molecule has 0 N–H and O–H groups in total. The molecule has 9 nitrogen and oxygen atoms in total. The molecule has 4 heterocycles. The third-order valence-electron chi connectivity index (χ3n) is 6.36. The molecular weight excluding hydrogens is 457 g/mol. The van der Waals surface area contributed by atoms with Crippen LogP contribution in [0, 0.1) is 0 Å². The zero-order valence-corrected chi connectivity index (χ0v) is 18.4. The first kappa shape index (κ1) is 22.9. The van der Waals surface area contributed by atoms with E-state index < -0.39 is 11.7 Å². The monoisotopic (exact) mass is 482 g/mol. The minimum Gasteiger partial charge on any atom is -0.453 e. The highest BCUT2D eigenvalue weighted by molar-refractivity contribution is 5.75. The second kappa shape index (κ2) is 9.41. The summed E-state index contributed by atoms with van der Waals surface area (Å²) in [5.41, 5.74) is 0.0172. The number of urea groups is 1. The first-order valence-electron chi connectivity index (χ1n) is 11.2. The van der Waals surface area contributed by atoms with E-state index >= 15 is 0 Å². The molecule has 3 aliphatic heterocycles. The van der Waals surface area contributed by atoms with E-state index in [4.69, 9.17) is 18.7 Å². The number of carbonyl (C=O) groups excluding carboxylic acids is 1. The number of hydrogen-bond acceptors (Lipinski definition) is 7. The van der Waals surface area contributed by atoms with Gasteiger partial charge in [-0.25, -0.2) is 4.79 Å². The van der Waals surface area contributed by atoms with E-state index in [-0.39, 0.29) is 30.0 Å². The molecule has 0 radical (unpaired) electrons. The maximum Gasteiger partial charge on any atom is 0.416 e. The quantitative estimate of drug-likeness (QED) is 0.662. The van der Waals surface area contributed by atoms with Gasteiger partial charge in [0.25, 0.3) is 0 Å². The van der Waals surface area contributed by atoms with E-state index in [2.05, 4.69) is 10.1 Å². The van der Waals surface area contributed by atoms with Crippen molar-refractivity contribution in [3.05, 3.63) is 41.3 Å². The summed E-state index contributed by atoms with van der Waals surface area (Å²) in [7, 11) is 0. The summed E-state index contributed by atoms with van der Waals surface area (Å²) in [6.45, 7) is 3.60. The number of ether oxygens (including phenoxy) is 3. The van der Waals surface area contributed by atoms with Crippen molar-refractivity contribution in [3.63, 3.8) is 0 Å². The highest BCUT2D eigenvalue weighted by Crippen LogP contribution is 2.37. The summed E-state index contributed by atoms with van der Waals surface area (Å²) in [6, 6.07) is 5.09. The van der Waals surface area contributed by atoms with Crippen molar-refractivity contribution in [1.29, 1.82) is 0 Å². The number of carbonyl (C=O) groups is 1. The van der Waals surface area contributed by atoms with Crippen LogP contribution >= 0.6 is 0 Å². The Hall–Kier alpha value is -2.86. The Morgan fingerprint density at radius 2 is 1.71 bits per heavy atom. The number of halogens is 3. The second-order valence-electron chi connectivity index (χ2n) is 8.73. The lowest BCUT2D eigenvalue weighted by molar-refractivity contribution is -0.137. The Balaban J connectivity index is 1.36. The van der Waals surface area contributed by atoms with Crippen LogP contribution in [-0.4, -0.2) is 84.7 Å². The molecule has 2 atom stereocenters. The molecular formula is C22H25F3N4O5. The number of morpholine rings is 1. The van der Waals surface area contributed by atoms with Gasteiger partial charge in [-0.1, -0.05) is 12.1 Å². The number of likely N-dealkylation sites (tertiary alicyclic amines) is 1. The number of amides is 2. The number of alkyl halides is 3. The first-order valence-corrected chi connectivity index (χ1v) is 11.2. The Morgan fingerprint density at radius 3 is 2.35 bits per heavy atom. The third kappa shape index (κ3) is 4.97. The van der Waals surface area contributed by atoms with Crippen molar-refractivity contribution in [2.45, 2.75) is 30.5 Å². The predicted molar refractivity (Wildman–Crippen MR) is 110 cm³/mol. The zero-order chi connectivity index (χ0) is 23.7. The van der Waals surface area contributed by atoms with Crippen LogP contribution in [-0.2, 0) is 15.7 Å². The SMILES string of the molecule is O=C(N1CCOCC1)N1CC(c2ccc(C(F)(F)F)cc2)CC(c2nc(OC3COC3)no2)C1. The van der Waals surface area contributed by atoms with Crippen LogP contribution in [0.1, 0.15) is 35.3 Å². The molecule has 2 aromatic rings. The molecule has 0 spiro atoms. The summed E-state index contributed by atoms with van der Waals surface area (Å²) in [4.78, 5) is 21.0. The van der Waals surface area contributed by atoms with Crippen molar-refractivity contribution in [2.75, 3.05) is 52.6 Å². The van der Waals surface area contributed by atoms with E-state index in [1.165, 1.54) is 12.1 Å². The summed E-state index contributed by atoms with van der Waals surface area (Å²) in [6.07, 6.45) is -3.97. The second-order valence-corrected chi connectivity index (χ2v) is 8.73. The molecule has 184 valence electrons. The highest BCUT2D eigenvalue weighted by Gasteiger charge is 2.37.